The van der Waals surface area contributed by atoms with Gasteiger partial charge >= 0.3 is 0 Å². The van der Waals surface area contributed by atoms with Crippen molar-refractivity contribution in [2.75, 3.05) is 6.54 Å². The van der Waals surface area contributed by atoms with E-state index in [1.165, 1.54) is 0 Å². The van der Waals surface area contributed by atoms with Crippen molar-refractivity contribution < 1.29 is 0 Å². The molecule has 3 aromatic heterocycles. The molecule has 0 aromatic carbocycles. The Kier molecular flexibility index (Phi) is 2.90. The van der Waals surface area contributed by atoms with Gasteiger partial charge in [0.15, 0.2) is 11.3 Å². The van der Waals surface area contributed by atoms with Crippen molar-refractivity contribution in [2.24, 2.45) is 11.7 Å². The summed E-state index contributed by atoms with van der Waals surface area (Å²) in [7, 11) is 0. The fraction of sp³-hybridized carbons (Fsp3) is 0.500. The summed E-state index contributed by atoms with van der Waals surface area (Å²) in [5.74, 6) is 1.62. The first kappa shape index (κ1) is 12.0. The van der Waals surface area contributed by atoms with E-state index in [1.807, 2.05) is 4.40 Å². The first-order chi connectivity index (χ1) is 9.20. The van der Waals surface area contributed by atoms with Crippen LogP contribution in [-0.2, 0) is 0 Å². The minimum atomic E-state index is 0.192. The van der Waals surface area contributed by atoms with Crippen LogP contribution in [0.1, 0.15) is 32.0 Å². The predicted molar refractivity (Wildman–Crippen MR) is 71.7 cm³/mol. The molecule has 0 aliphatic carbocycles. The molecule has 7 heteroatoms. The molecule has 19 heavy (non-hydrogen) atoms. The van der Waals surface area contributed by atoms with Gasteiger partial charge in [-0.2, -0.15) is 0 Å². The van der Waals surface area contributed by atoms with E-state index in [-0.39, 0.29) is 5.92 Å². The third kappa shape index (κ3) is 1.95. The first-order valence-electron chi connectivity index (χ1n) is 6.43. The van der Waals surface area contributed by atoms with Crippen LogP contribution in [-0.4, -0.2) is 36.1 Å². The Morgan fingerprint density at radius 3 is 2.89 bits per heavy atom. The molecule has 0 saturated heterocycles. The van der Waals surface area contributed by atoms with Crippen molar-refractivity contribution in [3.8, 4) is 0 Å². The van der Waals surface area contributed by atoms with Crippen LogP contribution in [0.2, 0.25) is 0 Å². The highest BCUT2D eigenvalue weighted by Gasteiger charge is 2.19. The molecular formula is C12H17N7. The van der Waals surface area contributed by atoms with E-state index in [0.29, 0.717) is 18.1 Å². The lowest BCUT2D eigenvalue weighted by Crippen LogP contribution is -2.17. The zero-order chi connectivity index (χ0) is 13.4. The number of rotatable bonds is 4. The van der Waals surface area contributed by atoms with Crippen LogP contribution >= 0.6 is 0 Å². The van der Waals surface area contributed by atoms with Gasteiger partial charge in [-0.15, -0.1) is 10.2 Å². The highest BCUT2D eigenvalue weighted by Crippen LogP contribution is 2.23. The maximum absolute atomic E-state index is 5.87. The lowest BCUT2D eigenvalue weighted by molar-refractivity contribution is 0.485. The molecular weight excluding hydrogens is 242 g/mol. The average Bonchev–Trinajstić information content (AvgIpc) is 3.00. The minimum absolute atomic E-state index is 0.192. The Morgan fingerprint density at radius 2 is 2.16 bits per heavy atom. The van der Waals surface area contributed by atoms with Crippen molar-refractivity contribution in [1.29, 1.82) is 0 Å². The molecule has 0 fully saturated rings. The lowest BCUT2D eigenvalue weighted by atomic mass is 9.96. The third-order valence-corrected chi connectivity index (χ3v) is 3.27. The number of aromatic nitrogens is 6. The summed E-state index contributed by atoms with van der Waals surface area (Å²) in [6.45, 7) is 4.91. The smallest absolute Gasteiger partial charge is 0.189 e. The zero-order valence-electron chi connectivity index (χ0n) is 11.0. The van der Waals surface area contributed by atoms with Crippen LogP contribution in [0, 0.1) is 5.92 Å². The Hall–Kier alpha value is -2.02. The molecule has 0 aliphatic rings. The van der Waals surface area contributed by atoms with Crippen LogP contribution in [0.25, 0.3) is 16.8 Å². The summed E-state index contributed by atoms with van der Waals surface area (Å²) in [5.41, 5.74) is 8.08. The van der Waals surface area contributed by atoms with Crippen molar-refractivity contribution in [3.05, 3.63) is 18.5 Å². The van der Waals surface area contributed by atoms with E-state index >= 15 is 0 Å². The maximum atomic E-state index is 5.87. The topological polar surface area (TPSA) is 97.8 Å². The summed E-state index contributed by atoms with van der Waals surface area (Å²) in [4.78, 5) is 11.5. The zero-order valence-corrected chi connectivity index (χ0v) is 11.0. The summed E-state index contributed by atoms with van der Waals surface area (Å²) in [6.07, 6.45) is 4.32. The van der Waals surface area contributed by atoms with Crippen molar-refractivity contribution in [2.45, 2.75) is 26.2 Å². The molecule has 0 spiro atoms. The Labute approximate surface area is 110 Å². The van der Waals surface area contributed by atoms with Crippen LogP contribution in [0.15, 0.2) is 12.7 Å². The Balaban J connectivity index is 2.13. The van der Waals surface area contributed by atoms with Gasteiger partial charge < -0.3 is 10.7 Å². The normalized spacial score (nSPS) is 13.7. The number of nitrogens with two attached hydrogens (primary N) is 1. The third-order valence-electron chi connectivity index (χ3n) is 3.27. The molecule has 3 N–H and O–H groups in total. The predicted octanol–water partition coefficient (Wildman–Crippen LogP) is 1.09. The summed E-state index contributed by atoms with van der Waals surface area (Å²) in [5, 5.41) is 8.54. The second kappa shape index (κ2) is 4.58. The van der Waals surface area contributed by atoms with Crippen LogP contribution < -0.4 is 5.73 Å². The van der Waals surface area contributed by atoms with Crippen LogP contribution in [0.5, 0.6) is 0 Å². The van der Waals surface area contributed by atoms with Gasteiger partial charge in [-0.05, 0) is 12.3 Å². The molecule has 0 saturated carbocycles. The molecule has 0 bridgehead atoms. The second-order valence-electron chi connectivity index (χ2n) is 5.16. The number of nitrogens with zero attached hydrogens (tertiary/aromatic N) is 5. The van der Waals surface area contributed by atoms with E-state index in [1.54, 1.807) is 12.7 Å². The average molecular weight is 259 g/mol. The molecule has 0 radical (unpaired) electrons. The molecule has 0 amide bonds. The van der Waals surface area contributed by atoms with Gasteiger partial charge in [-0.3, -0.25) is 4.40 Å². The maximum Gasteiger partial charge on any atom is 0.189 e. The Morgan fingerprint density at radius 1 is 1.32 bits per heavy atom. The van der Waals surface area contributed by atoms with E-state index < -0.39 is 0 Å². The number of fused-ring (bicyclic) bond motifs is 3. The van der Waals surface area contributed by atoms with Gasteiger partial charge in [-0.1, -0.05) is 13.8 Å². The largest absolute Gasteiger partial charge is 0.340 e. The van der Waals surface area contributed by atoms with E-state index in [0.717, 1.165) is 23.4 Å². The van der Waals surface area contributed by atoms with Gasteiger partial charge in [0.05, 0.1) is 6.33 Å². The molecule has 100 valence electrons. The lowest BCUT2D eigenvalue weighted by Gasteiger charge is -2.14. The second-order valence-corrected chi connectivity index (χ2v) is 5.16. The van der Waals surface area contributed by atoms with Crippen LogP contribution in [0.3, 0.4) is 0 Å². The quantitative estimate of drug-likeness (QED) is 0.730. The fourth-order valence-corrected chi connectivity index (χ4v) is 2.40. The Bertz CT molecular complexity index is 696. The highest BCUT2D eigenvalue weighted by atomic mass is 15.3. The van der Waals surface area contributed by atoms with Gasteiger partial charge in [-0.25, -0.2) is 9.97 Å². The van der Waals surface area contributed by atoms with E-state index in [9.17, 15) is 0 Å². The molecule has 0 aliphatic heterocycles. The standard InChI is InChI=1S/C12H17N7/c1-7(2)3-8(4-13)11-17-18-12-9-10(15-5-14-9)16-6-19(11)12/h5-8H,3-4,13H2,1-2H3,(H,14,15). The SMILES string of the molecule is CC(C)CC(CN)c1nnc2c3[nH]cnc3ncn12. The monoisotopic (exact) mass is 259 g/mol. The minimum Gasteiger partial charge on any atom is -0.340 e. The van der Waals surface area contributed by atoms with Crippen molar-refractivity contribution in [1.82, 2.24) is 29.5 Å². The van der Waals surface area contributed by atoms with Gasteiger partial charge in [0.1, 0.15) is 17.7 Å². The van der Waals surface area contributed by atoms with Crippen molar-refractivity contribution >= 4 is 16.8 Å². The molecule has 3 rings (SSSR count). The van der Waals surface area contributed by atoms with Crippen molar-refractivity contribution in [3.63, 3.8) is 0 Å². The van der Waals surface area contributed by atoms with E-state index in [2.05, 4.69) is 39.0 Å². The number of H-pyrrole nitrogens is 1. The number of imidazole rings is 1. The number of aromatic amines is 1. The number of nitrogens with one attached hydrogen (secondary N) is 1. The number of hydrogen-bond donors (Lipinski definition) is 2. The fourth-order valence-electron chi connectivity index (χ4n) is 2.40. The summed E-state index contributed by atoms with van der Waals surface area (Å²) < 4.78 is 1.90. The summed E-state index contributed by atoms with van der Waals surface area (Å²) >= 11 is 0. The molecule has 1 unspecified atom stereocenters. The highest BCUT2D eigenvalue weighted by molar-refractivity contribution is 5.84. The molecule has 7 nitrogen and oxygen atoms in total. The molecule has 3 heterocycles. The number of hydrogen-bond acceptors (Lipinski definition) is 5. The summed E-state index contributed by atoms with van der Waals surface area (Å²) in [6, 6.07) is 0. The van der Waals surface area contributed by atoms with Gasteiger partial charge in [0, 0.05) is 12.5 Å². The first-order valence-corrected chi connectivity index (χ1v) is 6.43. The molecule has 1 atom stereocenters. The molecule has 3 aromatic rings. The van der Waals surface area contributed by atoms with E-state index in [4.69, 9.17) is 5.73 Å². The van der Waals surface area contributed by atoms with Crippen LogP contribution in [0.4, 0.5) is 0 Å². The van der Waals surface area contributed by atoms with Gasteiger partial charge in [0.25, 0.3) is 0 Å². The van der Waals surface area contributed by atoms with Gasteiger partial charge in [0.2, 0.25) is 0 Å².